The normalized spacial score (nSPS) is 20.0. The molecule has 0 unspecified atom stereocenters. The van der Waals surface area contributed by atoms with E-state index in [4.69, 9.17) is 14.7 Å². The van der Waals surface area contributed by atoms with Gasteiger partial charge in [0.25, 0.3) is 0 Å². The summed E-state index contributed by atoms with van der Waals surface area (Å²) in [6.45, 7) is 7.79. The van der Waals surface area contributed by atoms with Gasteiger partial charge in [-0.2, -0.15) is 0 Å². The summed E-state index contributed by atoms with van der Waals surface area (Å²) in [7, 11) is 0.999. The summed E-state index contributed by atoms with van der Waals surface area (Å²) in [6.07, 6.45) is 1.11. The van der Waals surface area contributed by atoms with Gasteiger partial charge in [0.1, 0.15) is 5.82 Å². The lowest BCUT2D eigenvalue weighted by atomic mass is 9.78. The van der Waals surface area contributed by atoms with E-state index in [9.17, 15) is 4.39 Å². The monoisotopic (exact) mass is 278 g/mol. The third-order valence-electron chi connectivity index (χ3n) is 4.07. The van der Waals surface area contributed by atoms with Gasteiger partial charge in [0.05, 0.1) is 16.9 Å². The molecule has 0 saturated carbocycles. The molecule has 0 aromatic heterocycles. The van der Waals surface area contributed by atoms with Crippen molar-refractivity contribution in [2.75, 3.05) is 12.4 Å². The highest BCUT2D eigenvalue weighted by Gasteiger charge is 2.51. The molecule has 1 aliphatic heterocycles. The number of anilines is 1. The van der Waals surface area contributed by atoms with Crippen LogP contribution in [0.25, 0.3) is 0 Å². The fourth-order valence-electron chi connectivity index (χ4n) is 2.14. The molecule has 0 spiro atoms. The van der Waals surface area contributed by atoms with Crippen LogP contribution in [0.1, 0.15) is 33.3 Å². The maximum Gasteiger partial charge on any atom is 0.494 e. The average Bonchev–Trinajstić information content (AvgIpc) is 2.57. The molecular formula is C14H20BFN2O2. The predicted octanol–water partition coefficient (Wildman–Crippen LogP) is 2.16. The Bertz CT molecular complexity index is 530. The Balaban J connectivity index is 2.41. The van der Waals surface area contributed by atoms with E-state index in [0.717, 1.165) is 6.21 Å². The number of benzene rings is 1. The molecule has 0 radical (unpaired) electrons. The minimum atomic E-state index is -0.626. The lowest BCUT2D eigenvalue weighted by Crippen LogP contribution is -2.41. The van der Waals surface area contributed by atoms with Crippen LogP contribution < -0.4 is 10.8 Å². The Morgan fingerprint density at radius 3 is 2.20 bits per heavy atom. The molecule has 4 nitrogen and oxygen atoms in total. The van der Waals surface area contributed by atoms with Crippen LogP contribution >= 0.6 is 0 Å². The quantitative estimate of drug-likeness (QED) is 0.658. The van der Waals surface area contributed by atoms with Crippen LogP contribution in [0.2, 0.25) is 0 Å². The van der Waals surface area contributed by atoms with Crippen LogP contribution in [-0.4, -0.2) is 31.6 Å². The molecule has 6 heteroatoms. The Labute approximate surface area is 119 Å². The molecule has 1 aromatic carbocycles. The van der Waals surface area contributed by atoms with Crippen LogP contribution in [0.5, 0.6) is 0 Å². The van der Waals surface area contributed by atoms with Crippen molar-refractivity contribution < 1.29 is 13.7 Å². The first-order chi connectivity index (χ1) is 9.21. The summed E-state index contributed by atoms with van der Waals surface area (Å²) in [5, 5.41) is 10.2. The van der Waals surface area contributed by atoms with Gasteiger partial charge in [-0.3, -0.25) is 0 Å². The SMILES string of the molecule is CNc1c(F)cc(B2OC(C)(C)C(C)(C)O2)cc1C=N. The summed E-state index contributed by atoms with van der Waals surface area (Å²) in [4.78, 5) is 0. The van der Waals surface area contributed by atoms with Gasteiger partial charge in [0, 0.05) is 18.8 Å². The minimum absolute atomic E-state index is 0.306. The fourth-order valence-corrected chi connectivity index (χ4v) is 2.14. The summed E-state index contributed by atoms with van der Waals surface area (Å²) in [5.41, 5.74) is 0.414. The maximum absolute atomic E-state index is 14.1. The Kier molecular flexibility index (Phi) is 3.65. The average molecular weight is 278 g/mol. The Morgan fingerprint density at radius 1 is 1.20 bits per heavy atom. The molecule has 0 aliphatic carbocycles. The zero-order chi connectivity index (χ0) is 15.1. The lowest BCUT2D eigenvalue weighted by Gasteiger charge is -2.32. The first kappa shape index (κ1) is 15.0. The highest BCUT2D eigenvalue weighted by atomic mass is 19.1. The number of nitrogens with one attached hydrogen (secondary N) is 2. The first-order valence-corrected chi connectivity index (χ1v) is 6.59. The van der Waals surface area contributed by atoms with Gasteiger partial charge in [-0.15, -0.1) is 0 Å². The van der Waals surface area contributed by atoms with Gasteiger partial charge >= 0.3 is 7.12 Å². The van der Waals surface area contributed by atoms with E-state index in [2.05, 4.69) is 5.32 Å². The van der Waals surface area contributed by atoms with E-state index in [-0.39, 0.29) is 0 Å². The Hall–Kier alpha value is -1.40. The molecule has 0 atom stereocenters. The van der Waals surface area contributed by atoms with Crippen molar-refractivity contribution in [3.63, 3.8) is 0 Å². The number of halogens is 1. The van der Waals surface area contributed by atoms with E-state index in [0.29, 0.717) is 16.7 Å². The third-order valence-corrected chi connectivity index (χ3v) is 4.07. The summed E-state index contributed by atoms with van der Waals surface area (Å²) < 4.78 is 25.8. The molecule has 1 saturated heterocycles. The van der Waals surface area contributed by atoms with Crippen LogP contribution in [-0.2, 0) is 9.31 Å². The standard InChI is InChI=1S/C14H20BFN2O2/c1-13(2)14(3,4)20-15(19-13)10-6-9(8-17)12(18-5)11(16)7-10/h6-8,17-18H,1-5H3. The molecular weight excluding hydrogens is 258 g/mol. The maximum atomic E-state index is 14.1. The smallest absolute Gasteiger partial charge is 0.399 e. The van der Waals surface area contributed by atoms with Crippen molar-refractivity contribution in [1.82, 2.24) is 0 Å². The van der Waals surface area contributed by atoms with Gasteiger partial charge < -0.3 is 20.0 Å². The fraction of sp³-hybridized carbons (Fsp3) is 0.500. The van der Waals surface area contributed by atoms with Gasteiger partial charge in [0.2, 0.25) is 0 Å². The minimum Gasteiger partial charge on any atom is -0.399 e. The predicted molar refractivity (Wildman–Crippen MR) is 79.5 cm³/mol. The third kappa shape index (κ3) is 2.34. The molecule has 108 valence electrons. The Morgan fingerprint density at radius 2 is 1.75 bits per heavy atom. The van der Waals surface area contributed by atoms with Crippen molar-refractivity contribution in [2.24, 2.45) is 0 Å². The molecule has 1 aliphatic rings. The summed E-state index contributed by atoms with van der Waals surface area (Å²) in [5.74, 6) is -0.418. The number of hydrogen-bond donors (Lipinski definition) is 2. The molecule has 20 heavy (non-hydrogen) atoms. The second-order valence-corrected chi connectivity index (χ2v) is 5.95. The van der Waals surface area contributed by atoms with E-state index < -0.39 is 24.1 Å². The lowest BCUT2D eigenvalue weighted by molar-refractivity contribution is 0.00578. The van der Waals surface area contributed by atoms with Crippen LogP contribution in [0.15, 0.2) is 12.1 Å². The molecule has 2 N–H and O–H groups in total. The molecule has 0 amide bonds. The van der Waals surface area contributed by atoms with Gasteiger partial charge in [-0.25, -0.2) is 4.39 Å². The highest BCUT2D eigenvalue weighted by molar-refractivity contribution is 6.62. The first-order valence-electron chi connectivity index (χ1n) is 6.59. The van der Waals surface area contributed by atoms with Gasteiger partial charge in [-0.05, 0) is 39.2 Å². The van der Waals surface area contributed by atoms with E-state index in [1.807, 2.05) is 27.7 Å². The van der Waals surface area contributed by atoms with Crippen molar-refractivity contribution in [2.45, 2.75) is 38.9 Å². The van der Waals surface area contributed by atoms with Crippen LogP contribution in [0.3, 0.4) is 0 Å². The molecule has 1 heterocycles. The van der Waals surface area contributed by atoms with E-state index >= 15 is 0 Å². The largest absolute Gasteiger partial charge is 0.494 e. The van der Waals surface area contributed by atoms with E-state index in [1.165, 1.54) is 6.07 Å². The van der Waals surface area contributed by atoms with Crippen LogP contribution in [0, 0.1) is 11.2 Å². The van der Waals surface area contributed by atoms with Crippen molar-refractivity contribution in [3.05, 3.63) is 23.5 Å². The van der Waals surface area contributed by atoms with E-state index in [1.54, 1.807) is 13.1 Å². The second kappa shape index (κ2) is 4.86. The van der Waals surface area contributed by atoms with Gasteiger partial charge in [-0.1, -0.05) is 6.07 Å². The number of hydrogen-bond acceptors (Lipinski definition) is 4. The van der Waals surface area contributed by atoms with Crippen LogP contribution in [0.4, 0.5) is 10.1 Å². The van der Waals surface area contributed by atoms with Gasteiger partial charge in [0.15, 0.2) is 0 Å². The van der Waals surface area contributed by atoms with Crippen molar-refractivity contribution in [3.8, 4) is 0 Å². The molecule has 0 bridgehead atoms. The summed E-state index contributed by atoms with van der Waals surface area (Å²) >= 11 is 0. The zero-order valence-corrected chi connectivity index (χ0v) is 12.5. The molecule has 2 rings (SSSR count). The highest BCUT2D eigenvalue weighted by Crippen LogP contribution is 2.36. The second-order valence-electron chi connectivity index (χ2n) is 5.95. The van der Waals surface area contributed by atoms with Crippen molar-refractivity contribution in [1.29, 1.82) is 5.41 Å². The van der Waals surface area contributed by atoms with Crippen molar-refractivity contribution >= 4 is 24.5 Å². The molecule has 1 fully saturated rings. The summed E-state index contributed by atoms with van der Waals surface area (Å²) in [6, 6.07) is 3.10. The topological polar surface area (TPSA) is 54.3 Å². The molecule has 1 aromatic rings. The number of rotatable bonds is 3. The zero-order valence-electron chi connectivity index (χ0n) is 12.5.